The van der Waals surface area contributed by atoms with Gasteiger partial charge in [-0.1, -0.05) is 18.2 Å². The van der Waals surface area contributed by atoms with Crippen molar-refractivity contribution in [1.82, 2.24) is 24.6 Å². The number of anilines is 1. The molecule has 0 spiro atoms. The highest BCUT2D eigenvalue weighted by Crippen LogP contribution is 2.31. The van der Waals surface area contributed by atoms with E-state index in [-0.39, 0.29) is 24.2 Å². The Labute approximate surface area is 227 Å². The molecule has 6 rings (SSSR count). The van der Waals surface area contributed by atoms with Crippen LogP contribution in [-0.2, 0) is 6.54 Å². The number of nitrogens with one attached hydrogen (secondary N) is 3. The van der Waals surface area contributed by atoms with E-state index in [0.717, 1.165) is 12.8 Å². The monoisotopic (exact) mass is 567 g/mol. The van der Waals surface area contributed by atoms with Crippen LogP contribution in [0.25, 0.3) is 22.9 Å². The highest BCUT2D eigenvalue weighted by Gasteiger charge is 2.31. The third-order valence-electron chi connectivity index (χ3n) is 6.28. The average molecular weight is 568 g/mol. The van der Waals surface area contributed by atoms with Gasteiger partial charge in [0.2, 0.25) is 5.88 Å². The standard InChI is InChI=1S/C27H21F4N7O3/c28-17-4-7-20(14-2-1-3-19(9-14)41-27(29,30)31)15(8-17)12-32-22-11-23(34-18-5-6-18)38-24(36-22)16(13-33-38)10-21-25(39)37-26(40)35-21/h1-4,7-11,13,18,32,39H,5-6,12H2,(H2,35,37,40)/b16-10-,34-23?. The van der Waals surface area contributed by atoms with Crippen molar-refractivity contribution in [3.05, 3.63) is 93.0 Å². The molecule has 0 amide bonds. The van der Waals surface area contributed by atoms with Crippen LogP contribution < -0.4 is 26.4 Å². The van der Waals surface area contributed by atoms with E-state index in [4.69, 9.17) is 4.99 Å². The molecule has 1 saturated carbocycles. The lowest BCUT2D eigenvalue weighted by molar-refractivity contribution is -0.274. The molecular weight excluding hydrogens is 546 g/mol. The Morgan fingerprint density at radius 3 is 2.73 bits per heavy atom. The SMILES string of the molecule is O=c1[nH]c(O)c(/C=c2/cnn3c(=NC4CC4)cc(NCc4cc(F)ccc4-c4cccc(OC(F)(F)F)c4)nc23)[nH]1. The van der Waals surface area contributed by atoms with Gasteiger partial charge in [-0.3, -0.25) is 9.98 Å². The van der Waals surface area contributed by atoms with Gasteiger partial charge in [-0.15, -0.1) is 13.2 Å². The zero-order valence-electron chi connectivity index (χ0n) is 21.0. The molecule has 0 radical (unpaired) electrons. The number of hydrogen-bond donors (Lipinski definition) is 4. The second-order valence-electron chi connectivity index (χ2n) is 9.41. The number of halogens is 4. The highest BCUT2D eigenvalue weighted by molar-refractivity contribution is 5.69. The van der Waals surface area contributed by atoms with Crippen molar-refractivity contribution in [3.63, 3.8) is 0 Å². The van der Waals surface area contributed by atoms with E-state index < -0.39 is 23.6 Å². The first-order valence-electron chi connectivity index (χ1n) is 12.5. The number of rotatable bonds is 7. The summed E-state index contributed by atoms with van der Waals surface area (Å²) in [5, 5.41) is 18.0. The summed E-state index contributed by atoms with van der Waals surface area (Å²) in [7, 11) is 0. The van der Waals surface area contributed by atoms with Crippen LogP contribution in [0.5, 0.6) is 11.6 Å². The fraction of sp³-hybridized carbons (Fsp3) is 0.185. The Morgan fingerprint density at radius 1 is 1.17 bits per heavy atom. The van der Waals surface area contributed by atoms with E-state index in [1.54, 1.807) is 12.1 Å². The Morgan fingerprint density at radius 2 is 2.00 bits per heavy atom. The molecule has 3 aromatic heterocycles. The fourth-order valence-corrected chi connectivity index (χ4v) is 4.32. The lowest BCUT2D eigenvalue weighted by Gasteiger charge is -2.14. The molecule has 41 heavy (non-hydrogen) atoms. The number of alkyl halides is 3. The number of benzene rings is 2. The number of ether oxygens (including phenoxy) is 1. The maximum atomic E-state index is 14.3. The second-order valence-corrected chi connectivity index (χ2v) is 9.41. The lowest BCUT2D eigenvalue weighted by Crippen LogP contribution is -2.20. The summed E-state index contributed by atoms with van der Waals surface area (Å²) in [6.45, 7) is 0.0720. The Bertz CT molecular complexity index is 1940. The normalized spacial score (nSPS) is 14.6. The van der Waals surface area contributed by atoms with Gasteiger partial charge in [-0.2, -0.15) is 9.61 Å². The summed E-state index contributed by atoms with van der Waals surface area (Å²) in [4.78, 5) is 25.6. The molecule has 2 aromatic carbocycles. The van der Waals surface area contributed by atoms with Gasteiger partial charge in [0.05, 0.1) is 12.2 Å². The zero-order valence-corrected chi connectivity index (χ0v) is 21.0. The van der Waals surface area contributed by atoms with Crippen LogP contribution >= 0.6 is 0 Å². The van der Waals surface area contributed by atoms with Crippen molar-refractivity contribution in [2.45, 2.75) is 31.8 Å². The predicted molar refractivity (Wildman–Crippen MR) is 139 cm³/mol. The van der Waals surface area contributed by atoms with Crippen LogP contribution in [0.15, 0.2) is 64.5 Å². The van der Waals surface area contributed by atoms with Crippen LogP contribution in [-0.4, -0.2) is 42.1 Å². The van der Waals surface area contributed by atoms with Gasteiger partial charge in [0.25, 0.3) is 0 Å². The lowest BCUT2D eigenvalue weighted by atomic mass is 9.99. The van der Waals surface area contributed by atoms with Gasteiger partial charge in [-0.05, 0) is 59.9 Å². The molecule has 1 aliphatic carbocycles. The molecule has 0 aliphatic heterocycles. The van der Waals surface area contributed by atoms with Crippen LogP contribution in [0.4, 0.5) is 23.4 Å². The molecule has 4 N–H and O–H groups in total. The molecule has 210 valence electrons. The Hall–Kier alpha value is -5.14. The minimum atomic E-state index is -4.85. The molecule has 5 aromatic rings. The first kappa shape index (κ1) is 26.1. The van der Waals surface area contributed by atoms with Crippen molar-refractivity contribution in [2.24, 2.45) is 4.99 Å². The zero-order chi connectivity index (χ0) is 28.7. The molecule has 1 aliphatic rings. The second kappa shape index (κ2) is 10.1. The highest BCUT2D eigenvalue weighted by atomic mass is 19.4. The molecule has 1 fully saturated rings. The number of hydrogen-bond acceptors (Lipinski definition) is 7. The maximum absolute atomic E-state index is 14.3. The van der Waals surface area contributed by atoms with E-state index >= 15 is 0 Å². The summed E-state index contributed by atoms with van der Waals surface area (Å²) in [5.74, 6) is -0.872. The van der Waals surface area contributed by atoms with E-state index in [2.05, 4.69) is 30.1 Å². The van der Waals surface area contributed by atoms with Crippen molar-refractivity contribution in [1.29, 1.82) is 0 Å². The number of imidazole rings is 1. The molecule has 10 nitrogen and oxygen atoms in total. The first-order valence-corrected chi connectivity index (χ1v) is 12.5. The van der Waals surface area contributed by atoms with Gasteiger partial charge >= 0.3 is 12.1 Å². The molecule has 0 unspecified atom stereocenters. The Balaban J connectivity index is 1.37. The van der Waals surface area contributed by atoms with Crippen LogP contribution in [0.2, 0.25) is 0 Å². The summed E-state index contributed by atoms with van der Waals surface area (Å²) < 4.78 is 58.1. The van der Waals surface area contributed by atoms with E-state index in [1.807, 2.05) is 0 Å². The molecule has 3 heterocycles. The molecule has 0 saturated heterocycles. The molecular formula is C27H21F4N7O3. The third-order valence-corrected chi connectivity index (χ3v) is 6.28. The third kappa shape index (κ3) is 5.90. The summed E-state index contributed by atoms with van der Waals surface area (Å²) in [6, 6.07) is 11.3. The summed E-state index contributed by atoms with van der Waals surface area (Å²) in [6.07, 6.45) is 0.0555. The molecule has 14 heteroatoms. The largest absolute Gasteiger partial charge is 0.573 e. The first-order chi connectivity index (χ1) is 19.6. The average Bonchev–Trinajstić information content (AvgIpc) is 3.54. The topological polar surface area (TPSA) is 133 Å². The van der Waals surface area contributed by atoms with E-state index in [0.29, 0.717) is 38.9 Å². The number of H-pyrrole nitrogens is 2. The number of aromatic nitrogens is 5. The van der Waals surface area contributed by atoms with Gasteiger partial charge in [0, 0.05) is 17.8 Å². The van der Waals surface area contributed by atoms with Crippen molar-refractivity contribution in [2.75, 3.05) is 5.32 Å². The molecule has 0 atom stereocenters. The van der Waals surface area contributed by atoms with Gasteiger partial charge in [0.15, 0.2) is 11.1 Å². The number of nitrogens with zero attached hydrogens (tertiary/aromatic N) is 4. The van der Waals surface area contributed by atoms with E-state index in [1.165, 1.54) is 53.2 Å². The predicted octanol–water partition coefficient (Wildman–Crippen LogP) is 3.38. The summed E-state index contributed by atoms with van der Waals surface area (Å²) >= 11 is 0. The van der Waals surface area contributed by atoms with Crippen molar-refractivity contribution < 1.29 is 27.4 Å². The minimum Gasteiger partial charge on any atom is -0.493 e. The fourth-order valence-electron chi connectivity index (χ4n) is 4.32. The van der Waals surface area contributed by atoms with Gasteiger partial charge in [-0.25, -0.2) is 14.2 Å². The van der Waals surface area contributed by atoms with E-state index in [9.17, 15) is 27.5 Å². The summed E-state index contributed by atoms with van der Waals surface area (Å²) in [5.41, 5.74) is 1.84. The van der Waals surface area contributed by atoms with Gasteiger partial charge in [0.1, 0.15) is 23.1 Å². The smallest absolute Gasteiger partial charge is 0.493 e. The van der Waals surface area contributed by atoms with Crippen molar-refractivity contribution in [3.8, 4) is 22.8 Å². The van der Waals surface area contributed by atoms with Crippen LogP contribution in [0, 0.1) is 5.82 Å². The quantitative estimate of drug-likeness (QED) is 0.223. The van der Waals surface area contributed by atoms with Gasteiger partial charge < -0.3 is 20.1 Å². The number of fused-ring (bicyclic) bond motifs is 1. The number of aromatic amines is 2. The molecule has 0 bridgehead atoms. The maximum Gasteiger partial charge on any atom is 0.573 e. The number of aromatic hydroxyl groups is 1. The Kier molecular flexibility index (Phi) is 6.44. The van der Waals surface area contributed by atoms with Crippen LogP contribution in [0.1, 0.15) is 24.1 Å². The van der Waals surface area contributed by atoms with Crippen molar-refractivity contribution >= 4 is 17.5 Å². The van der Waals surface area contributed by atoms with Crippen LogP contribution in [0.3, 0.4) is 0 Å². The minimum absolute atomic E-state index is 0.0720.